The Balaban J connectivity index is 1.87. The molecule has 5 nitrogen and oxygen atoms in total. The molecule has 0 aliphatic heterocycles. The van der Waals surface area contributed by atoms with Crippen molar-refractivity contribution in [1.82, 2.24) is 19.9 Å². The van der Waals surface area contributed by atoms with E-state index in [1.54, 1.807) is 12.3 Å². The fraction of sp³-hybridized carbons (Fsp3) is 0.333. The highest BCUT2D eigenvalue weighted by Gasteiger charge is 2.27. The Hall–Kier alpha value is -1.69. The predicted molar refractivity (Wildman–Crippen MR) is 69.3 cm³/mol. The van der Waals surface area contributed by atoms with E-state index in [4.69, 9.17) is 5.73 Å². The van der Waals surface area contributed by atoms with Gasteiger partial charge in [-0.15, -0.1) is 0 Å². The molecule has 1 aliphatic rings. The molecule has 1 fully saturated rings. The zero-order valence-electron chi connectivity index (χ0n) is 10.00. The Bertz CT molecular complexity index is 582. The van der Waals surface area contributed by atoms with Crippen molar-refractivity contribution in [1.29, 1.82) is 0 Å². The third-order valence-corrected chi connectivity index (χ3v) is 3.45. The monoisotopic (exact) mass is 259 g/mol. The maximum absolute atomic E-state index is 5.80. The van der Waals surface area contributed by atoms with Gasteiger partial charge in [-0.1, -0.05) is 0 Å². The van der Waals surface area contributed by atoms with E-state index in [9.17, 15) is 0 Å². The first-order chi connectivity index (χ1) is 8.70. The Morgan fingerprint density at radius 3 is 2.83 bits per heavy atom. The van der Waals surface area contributed by atoms with Crippen molar-refractivity contribution in [3.05, 3.63) is 29.8 Å². The second-order valence-electron chi connectivity index (χ2n) is 4.35. The molecular formula is C12H13N5S. The highest BCUT2D eigenvalue weighted by molar-refractivity contribution is 7.99. The number of nitrogens with two attached hydrogens (primary N) is 1. The number of aryl methyl sites for hydroxylation is 1. The second kappa shape index (κ2) is 4.53. The molecular weight excluding hydrogens is 246 g/mol. The smallest absolute Gasteiger partial charge is 0.194 e. The molecule has 0 saturated heterocycles. The van der Waals surface area contributed by atoms with Gasteiger partial charge in [-0.3, -0.25) is 0 Å². The molecule has 2 aromatic rings. The number of anilines is 1. The summed E-state index contributed by atoms with van der Waals surface area (Å²) in [5.41, 5.74) is 6.74. The van der Waals surface area contributed by atoms with Crippen LogP contribution in [-0.4, -0.2) is 19.9 Å². The Kier molecular flexibility index (Phi) is 2.87. The van der Waals surface area contributed by atoms with Crippen molar-refractivity contribution >= 4 is 17.6 Å². The van der Waals surface area contributed by atoms with Crippen molar-refractivity contribution in [2.45, 2.75) is 35.9 Å². The summed E-state index contributed by atoms with van der Waals surface area (Å²) in [6, 6.07) is 3.64. The maximum Gasteiger partial charge on any atom is 0.194 e. The summed E-state index contributed by atoms with van der Waals surface area (Å²) in [5.74, 6) is 1.86. The number of hydrogen-bond acceptors (Lipinski definition) is 6. The number of hydrogen-bond donors (Lipinski definition) is 1. The molecule has 0 amide bonds. The lowest BCUT2D eigenvalue weighted by Crippen LogP contribution is -2.00. The van der Waals surface area contributed by atoms with Gasteiger partial charge in [0.05, 0.1) is 0 Å². The minimum Gasteiger partial charge on any atom is -0.384 e. The third-order valence-electron chi connectivity index (χ3n) is 2.65. The third kappa shape index (κ3) is 2.59. The van der Waals surface area contributed by atoms with E-state index in [0.29, 0.717) is 16.9 Å². The fourth-order valence-electron chi connectivity index (χ4n) is 1.61. The van der Waals surface area contributed by atoms with E-state index in [2.05, 4.69) is 19.9 Å². The van der Waals surface area contributed by atoms with Gasteiger partial charge in [0.25, 0.3) is 0 Å². The molecule has 0 bridgehead atoms. The normalized spacial score (nSPS) is 14.7. The van der Waals surface area contributed by atoms with Crippen molar-refractivity contribution in [2.75, 3.05) is 5.73 Å². The molecule has 2 N–H and O–H groups in total. The average Bonchev–Trinajstić information content (AvgIpc) is 3.11. The zero-order valence-corrected chi connectivity index (χ0v) is 10.8. The van der Waals surface area contributed by atoms with Crippen LogP contribution in [0.1, 0.15) is 30.3 Å². The molecule has 1 aliphatic carbocycles. The van der Waals surface area contributed by atoms with Crippen molar-refractivity contribution < 1.29 is 0 Å². The van der Waals surface area contributed by atoms with Crippen molar-refractivity contribution in [3.8, 4) is 0 Å². The number of nitrogen functional groups attached to an aromatic ring is 1. The van der Waals surface area contributed by atoms with Crippen LogP contribution in [0.3, 0.4) is 0 Å². The Morgan fingerprint density at radius 1 is 1.28 bits per heavy atom. The van der Waals surface area contributed by atoms with Crippen molar-refractivity contribution in [2.24, 2.45) is 0 Å². The summed E-state index contributed by atoms with van der Waals surface area (Å²) in [5, 5.41) is 1.50. The van der Waals surface area contributed by atoms with Crippen LogP contribution in [0.15, 0.2) is 28.5 Å². The maximum atomic E-state index is 5.80. The highest BCUT2D eigenvalue weighted by Crippen LogP contribution is 2.39. The van der Waals surface area contributed by atoms with Crippen LogP contribution in [0.2, 0.25) is 0 Å². The van der Waals surface area contributed by atoms with Gasteiger partial charge in [-0.25, -0.2) is 19.9 Å². The summed E-state index contributed by atoms with van der Waals surface area (Å²) in [6.45, 7) is 1.94. The number of nitrogens with zero attached hydrogens (tertiary/aromatic N) is 4. The van der Waals surface area contributed by atoms with E-state index in [0.717, 1.165) is 29.4 Å². The van der Waals surface area contributed by atoms with E-state index in [1.807, 2.05) is 13.0 Å². The van der Waals surface area contributed by atoms with Crippen LogP contribution in [0.25, 0.3) is 0 Å². The first-order valence-corrected chi connectivity index (χ1v) is 6.64. The van der Waals surface area contributed by atoms with Crippen LogP contribution in [-0.2, 0) is 0 Å². The molecule has 0 aromatic carbocycles. The summed E-state index contributed by atoms with van der Waals surface area (Å²) < 4.78 is 0. The molecule has 2 aromatic heterocycles. The molecule has 0 atom stereocenters. The molecule has 92 valence electrons. The summed E-state index contributed by atoms with van der Waals surface area (Å²) >= 11 is 1.42. The van der Waals surface area contributed by atoms with E-state index in [-0.39, 0.29) is 0 Å². The molecule has 0 radical (unpaired) electrons. The van der Waals surface area contributed by atoms with Gasteiger partial charge in [-0.2, -0.15) is 0 Å². The van der Waals surface area contributed by atoms with Gasteiger partial charge in [0.15, 0.2) is 5.16 Å². The lowest BCUT2D eigenvalue weighted by Gasteiger charge is -2.04. The van der Waals surface area contributed by atoms with Gasteiger partial charge in [-0.05, 0) is 37.6 Å². The molecule has 2 heterocycles. The molecule has 18 heavy (non-hydrogen) atoms. The fourth-order valence-corrected chi connectivity index (χ4v) is 2.42. The summed E-state index contributed by atoms with van der Waals surface area (Å²) in [6.07, 6.45) is 4.07. The van der Waals surface area contributed by atoms with Crippen LogP contribution in [0.5, 0.6) is 0 Å². The molecule has 1 saturated carbocycles. The standard InChI is InChI=1S/C12H13N5S/c1-7-4-5-14-12(15-7)18-10-6-9(13)16-11(17-10)8-2-3-8/h4-6,8H,2-3H2,1H3,(H2,13,16,17). The highest BCUT2D eigenvalue weighted by atomic mass is 32.2. The lowest BCUT2D eigenvalue weighted by molar-refractivity contribution is 0.875. The summed E-state index contributed by atoms with van der Waals surface area (Å²) in [4.78, 5) is 17.3. The topological polar surface area (TPSA) is 77.6 Å². The van der Waals surface area contributed by atoms with Crippen molar-refractivity contribution in [3.63, 3.8) is 0 Å². The summed E-state index contributed by atoms with van der Waals surface area (Å²) in [7, 11) is 0. The van der Waals surface area contributed by atoms with Gasteiger partial charge in [0, 0.05) is 23.9 Å². The van der Waals surface area contributed by atoms with Gasteiger partial charge in [0.2, 0.25) is 0 Å². The van der Waals surface area contributed by atoms with E-state index >= 15 is 0 Å². The van der Waals surface area contributed by atoms with Crippen LogP contribution >= 0.6 is 11.8 Å². The number of aromatic nitrogens is 4. The molecule has 3 rings (SSSR count). The SMILES string of the molecule is Cc1ccnc(Sc2cc(N)nc(C3CC3)n2)n1. The molecule has 0 unspecified atom stereocenters. The van der Waals surface area contributed by atoms with Gasteiger partial charge in [0.1, 0.15) is 16.7 Å². The zero-order chi connectivity index (χ0) is 12.5. The second-order valence-corrected chi connectivity index (χ2v) is 5.33. The Labute approximate surface area is 109 Å². The number of rotatable bonds is 3. The quantitative estimate of drug-likeness (QED) is 0.672. The average molecular weight is 259 g/mol. The largest absolute Gasteiger partial charge is 0.384 e. The predicted octanol–water partition coefficient (Wildman–Crippen LogP) is 2.19. The van der Waals surface area contributed by atoms with Crippen LogP contribution in [0.4, 0.5) is 5.82 Å². The van der Waals surface area contributed by atoms with Crippen LogP contribution in [0, 0.1) is 6.92 Å². The molecule has 6 heteroatoms. The first-order valence-electron chi connectivity index (χ1n) is 5.82. The first kappa shape index (κ1) is 11.4. The van der Waals surface area contributed by atoms with Crippen LogP contribution < -0.4 is 5.73 Å². The lowest BCUT2D eigenvalue weighted by atomic mass is 10.4. The minimum atomic E-state index is 0.492. The molecule has 0 spiro atoms. The van der Waals surface area contributed by atoms with E-state index in [1.165, 1.54) is 11.8 Å². The van der Waals surface area contributed by atoms with E-state index < -0.39 is 0 Å². The van der Waals surface area contributed by atoms with Gasteiger partial charge >= 0.3 is 0 Å². The van der Waals surface area contributed by atoms with Gasteiger partial charge < -0.3 is 5.73 Å². The Morgan fingerprint density at radius 2 is 2.11 bits per heavy atom. The minimum absolute atomic E-state index is 0.492.